The zero-order valence-electron chi connectivity index (χ0n) is 17.2. The average molecular weight is 424 g/mol. The van der Waals surface area contributed by atoms with E-state index in [-0.39, 0.29) is 5.91 Å². The first-order chi connectivity index (χ1) is 14.7. The van der Waals surface area contributed by atoms with Crippen LogP contribution in [0.4, 0.5) is 5.69 Å². The van der Waals surface area contributed by atoms with E-state index in [0.29, 0.717) is 19.5 Å². The van der Waals surface area contributed by atoms with Crippen molar-refractivity contribution in [2.45, 2.75) is 6.42 Å². The van der Waals surface area contributed by atoms with Gasteiger partial charge in [0.05, 0.1) is 26.3 Å². The van der Waals surface area contributed by atoms with Crippen molar-refractivity contribution in [1.29, 1.82) is 0 Å². The Kier molecular flexibility index (Phi) is 6.18. The highest BCUT2D eigenvalue weighted by atomic mass is 32.1. The Morgan fingerprint density at radius 3 is 2.43 bits per heavy atom. The lowest BCUT2D eigenvalue weighted by Crippen LogP contribution is -2.49. The minimum Gasteiger partial charge on any atom is -0.497 e. The highest BCUT2D eigenvalue weighted by Gasteiger charge is 2.22. The number of piperazine rings is 1. The summed E-state index contributed by atoms with van der Waals surface area (Å²) in [7, 11) is 3.33. The van der Waals surface area contributed by atoms with Gasteiger partial charge in [0.15, 0.2) is 0 Å². The van der Waals surface area contributed by atoms with Gasteiger partial charge in [-0.3, -0.25) is 4.79 Å². The maximum atomic E-state index is 12.8. The molecule has 0 bridgehead atoms. The van der Waals surface area contributed by atoms with E-state index < -0.39 is 0 Å². The molecule has 0 unspecified atom stereocenters. The molecule has 0 radical (unpaired) electrons. The molecular formula is C23H25N3O3S. The van der Waals surface area contributed by atoms with Crippen LogP contribution in [-0.2, 0) is 11.2 Å². The summed E-state index contributed by atoms with van der Waals surface area (Å²) in [5.74, 6) is 1.78. The number of anilines is 1. The summed E-state index contributed by atoms with van der Waals surface area (Å²) < 4.78 is 10.6. The number of carbonyl (C=O) groups excluding carboxylic acids is 1. The van der Waals surface area contributed by atoms with Crippen molar-refractivity contribution in [1.82, 2.24) is 9.88 Å². The smallest absolute Gasteiger partial charge is 0.228 e. The summed E-state index contributed by atoms with van der Waals surface area (Å²) in [6.07, 6.45) is 0.333. The predicted octanol–water partition coefficient (Wildman–Crippen LogP) is 3.72. The van der Waals surface area contributed by atoms with Crippen molar-refractivity contribution in [2.75, 3.05) is 45.3 Å². The SMILES string of the molecule is COc1cccc(-c2nc(CC(=O)N3CCN(c4cccc(OC)c4)CC3)cs2)c1. The molecule has 1 saturated heterocycles. The molecule has 7 heteroatoms. The summed E-state index contributed by atoms with van der Waals surface area (Å²) in [4.78, 5) is 21.7. The van der Waals surface area contributed by atoms with E-state index in [1.54, 1.807) is 25.6 Å². The first kappa shape index (κ1) is 20.2. The quantitative estimate of drug-likeness (QED) is 0.605. The van der Waals surface area contributed by atoms with Crippen LogP contribution in [0.5, 0.6) is 11.5 Å². The van der Waals surface area contributed by atoms with E-state index in [9.17, 15) is 4.79 Å². The van der Waals surface area contributed by atoms with E-state index in [2.05, 4.69) is 16.0 Å². The molecule has 4 rings (SSSR count). The van der Waals surface area contributed by atoms with Crippen molar-refractivity contribution in [3.05, 3.63) is 59.6 Å². The molecule has 0 spiro atoms. The minimum absolute atomic E-state index is 0.128. The molecule has 0 N–H and O–H groups in total. The Morgan fingerprint density at radius 2 is 1.70 bits per heavy atom. The highest BCUT2D eigenvalue weighted by molar-refractivity contribution is 7.13. The molecule has 0 atom stereocenters. The molecular weight excluding hydrogens is 398 g/mol. The van der Waals surface area contributed by atoms with Crippen LogP contribution in [0.15, 0.2) is 53.9 Å². The molecule has 156 valence electrons. The van der Waals surface area contributed by atoms with Gasteiger partial charge < -0.3 is 19.3 Å². The lowest BCUT2D eigenvalue weighted by atomic mass is 10.2. The van der Waals surface area contributed by atoms with Crippen LogP contribution in [0.3, 0.4) is 0 Å². The molecule has 1 aromatic heterocycles. The molecule has 1 aliphatic rings. The van der Waals surface area contributed by atoms with Gasteiger partial charge in [-0.25, -0.2) is 4.98 Å². The molecule has 30 heavy (non-hydrogen) atoms. The van der Waals surface area contributed by atoms with Gasteiger partial charge in [0.2, 0.25) is 5.91 Å². The molecule has 2 aromatic carbocycles. The second kappa shape index (κ2) is 9.17. The number of amides is 1. The number of rotatable bonds is 6. The number of ether oxygens (including phenoxy) is 2. The van der Waals surface area contributed by atoms with E-state index in [1.165, 1.54) is 0 Å². The van der Waals surface area contributed by atoms with Gasteiger partial charge in [-0.05, 0) is 24.3 Å². The number of nitrogens with zero attached hydrogens (tertiary/aromatic N) is 3. The molecule has 1 aliphatic heterocycles. The number of benzene rings is 2. The highest BCUT2D eigenvalue weighted by Crippen LogP contribution is 2.27. The third kappa shape index (κ3) is 4.57. The number of hydrogen-bond donors (Lipinski definition) is 0. The van der Waals surface area contributed by atoms with Crippen LogP contribution in [-0.4, -0.2) is 56.2 Å². The average Bonchev–Trinajstić information content (AvgIpc) is 3.27. The molecule has 2 heterocycles. The molecule has 1 amide bonds. The lowest BCUT2D eigenvalue weighted by molar-refractivity contribution is -0.130. The zero-order valence-corrected chi connectivity index (χ0v) is 18.0. The maximum absolute atomic E-state index is 12.8. The number of thiazole rings is 1. The number of methoxy groups -OCH3 is 2. The van der Waals surface area contributed by atoms with Gasteiger partial charge in [0, 0.05) is 48.9 Å². The lowest BCUT2D eigenvalue weighted by Gasteiger charge is -2.36. The van der Waals surface area contributed by atoms with Gasteiger partial charge >= 0.3 is 0 Å². The monoisotopic (exact) mass is 423 g/mol. The fourth-order valence-electron chi connectivity index (χ4n) is 3.56. The van der Waals surface area contributed by atoms with Crippen molar-refractivity contribution >= 4 is 22.9 Å². The molecule has 0 aliphatic carbocycles. The number of hydrogen-bond acceptors (Lipinski definition) is 6. The predicted molar refractivity (Wildman–Crippen MR) is 120 cm³/mol. The Bertz CT molecular complexity index is 1010. The minimum atomic E-state index is 0.128. The van der Waals surface area contributed by atoms with Crippen molar-refractivity contribution < 1.29 is 14.3 Å². The Labute approximate surface area is 180 Å². The van der Waals surface area contributed by atoms with Crippen LogP contribution in [0.25, 0.3) is 10.6 Å². The van der Waals surface area contributed by atoms with Crippen molar-refractivity contribution in [2.24, 2.45) is 0 Å². The van der Waals surface area contributed by atoms with Gasteiger partial charge in [-0.15, -0.1) is 11.3 Å². The zero-order chi connectivity index (χ0) is 20.9. The van der Waals surface area contributed by atoms with Gasteiger partial charge in [-0.2, -0.15) is 0 Å². The van der Waals surface area contributed by atoms with Gasteiger partial charge in [-0.1, -0.05) is 18.2 Å². The van der Waals surface area contributed by atoms with Crippen molar-refractivity contribution in [3.8, 4) is 22.1 Å². The molecule has 3 aromatic rings. The fraction of sp³-hybridized carbons (Fsp3) is 0.304. The van der Waals surface area contributed by atoms with E-state index in [1.807, 2.05) is 52.7 Å². The standard InChI is InChI=1S/C23H25N3O3S/c1-28-20-7-3-5-17(13-20)23-24-18(16-30-23)14-22(27)26-11-9-25(10-12-26)19-6-4-8-21(15-19)29-2/h3-8,13,15-16H,9-12,14H2,1-2H3. The number of carbonyl (C=O) groups is 1. The van der Waals surface area contributed by atoms with Crippen molar-refractivity contribution in [3.63, 3.8) is 0 Å². The van der Waals surface area contributed by atoms with Crippen LogP contribution >= 0.6 is 11.3 Å². The van der Waals surface area contributed by atoms with E-state index in [0.717, 1.165) is 46.5 Å². The number of aromatic nitrogens is 1. The van der Waals surface area contributed by atoms with E-state index in [4.69, 9.17) is 9.47 Å². The molecule has 1 fully saturated rings. The maximum Gasteiger partial charge on any atom is 0.228 e. The Morgan fingerprint density at radius 1 is 1.00 bits per heavy atom. The topological polar surface area (TPSA) is 54.9 Å². The summed E-state index contributed by atoms with van der Waals surface area (Å²) in [5.41, 5.74) is 2.95. The molecule has 6 nitrogen and oxygen atoms in total. The third-order valence-electron chi connectivity index (χ3n) is 5.25. The summed E-state index contributed by atoms with van der Waals surface area (Å²) in [5, 5.41) is 2.87. The van der Waals surface area contributed by atoms with Crippen LogP contribution in [0, 0.1) is 0 Å². The summed E-state index contributed by atoms with van der Waals surface area (Å²) >= 11 is 1.55. The van der Waals surface area contributed by atoms with Gasteiger partial charge in [0.25, 0.3) is 0 Å². The second-order valence-electron chi connectivity index (χ2n) is 7.12. The van der Waals surface area contributed by atoms with Crippen LogP contribution in [0.2, 0.25) is 0 Å². The van der Waals surface area contributed by atoms with Crippen LogP contribution in [0.1, 0.15) is 5.69 Å². The molecule has 0 saturated carbocycles. The van der Waals surface area contributed by atoms with Crippen LogP contribution < -0.4 is 14.4 Å². The second-order valence-corrected chi connectivity index (χ2v) is 7.98. The summed E-state index contributed by atoms with van der Waals surface area (Å²) in [6.45, 7) is 3.04. The summed E-state index contributed by atoms with van der Waals surface area (Å²) in [6, 6.07) is 15.9. The van der Waals surface area contributed by atoms with E-state index >= 15 is 0 Å². The largest absolute Gasteiger partial charge is 0.497 e. The Hall–Kier alpha value is -3.06. The first-order valence-electron chi connectivity index (χ1n) is 9.92. The first-order valence-corrected chi connectivity index (χ1v) is 10.8. The van der Waals surface area contributed by atoms with Gasteiger partial charge in [0.1, 0.15) is 16.5 Å². The normalized spacial score (nSPS) is 13.9. The Balaban J connectivity index is 1.34. The fourth-order valence-corrected chi connectivity index (χ4v) is 4.38. The third-order valence-corrected chi connectivity index (χ3v) is 6.19.